The van der Waals surface area contributed by atoms with Crippen molar-refractivity contribution in [1.82, 2.24) is 25.1 Å². The number of carbonyl (C=O) groups excluding carboxylic acids is 2. The average Bonchev–Trinajstić information content (AvgIpc) is 3.83. The SMILES string of the molecule is COc1ccc([C@H]2CC(c3cccs3)=NN2C(=O)CSc2nnc(CNC(=O)c3cccc(C)c3)n2-c2cccc(C)c2)cc1. The second-order valence-electron chi connectivity index (χ2n) is 10.7. The molecule has 228 valence electrons. The first-order chi connectivity index (χ1) is 21.9. The van der Waals surface area contributed by atoms with Crippen LogP contribution in [0.25, 0.3) is 5.69 Å². The number of aromatic nitrogens is 3. The highest BCUT2D eigenvalue weighted by Crippen LogP contribution is 2.35. The molecule has 1 N–H and O–H groups in total. The van der Waals surface area contributed by atoms with Gasteiger partial charge in [0.25, 0.3) is 11.8 Å². The first-order valence-corrected chi connectivity index (χ1v) is 16.3. The molecule has 11 heteroatoms. The number of methoxy groups -OCH3 is 1. The average molecular weight is 637 g/mol. The van der Waals surface area contributed by atoms with E-state index in [1.54, 1.807) is 29.5 Å². The number of carbonyl (C=O) groups is 2. The number of thioether (sulfide) groups is 1. The number of hydrazone groups is 1. The molecule has 0 saturated carbocycles. The minimum absolute atomic E-state index is 0.105. The van der Waals surface area contributed by atoms with E-state index in [4.69, 9.17) is 9.84 Å². The standard InChI is InChI=1S/C34H32N6O3S2/c1-22-7-4-9-25(17-22)33(42)35-20-31-36-37-34(39(31)26-10-5-8-23(2)18-26)45-21-32(41)40-29(24-12-14-27(43-3)15-13-24)19-28(38-40)30-11-6-16-44-30/h4-18,29H,19-21H2,1-3H3,(H,35,42)/t29-/m1/s1. The Morgan fingerprint density at radius 2 is 1.76 bits per heavy atom. The zero-order valence-electron chi connectivity index (χ0n) is 25.1. The number of thiophene rings is 1. The van der Waals surface area contributed by atoms with Gasteiger partial charge in [-0.2, -0.15) is 5.10 Å². The van der Waals surface area contributed by atoms with Gasteiger partial charge in [0.2, 0.25) is 0 Å². The number of ether oxygens (including phenoxy) is 1. The number of nitrogens with zero attached hydrogens (tertiary/aromatic N) is 5. The highest BCUT2D eigenvalue weighted by molar-refractivity contribution is 7.99. The molecule has 1 aliphatic heterocycles. The van der Waals surface area contributed by atoms with Crippen LogP contribution in [0.15, 0.2) is 101 Å². The Labute approximate surface area is 270 Å². The Hall–Kier alpha value is -4.74. The second-order valence-corrected chi connectivity index (χ2v) is 12.6. The van der Waals surface area contributed by atoms with Gasteiger partial charge in [-0.3, -0.25) is 14.2 Å². The fourth-order valence-electron chi connectivity index (χ4n) is 5.19. The lowest BCUT2D eigenvalue weighted by Gasteiger charge is -2.22. The Kier molecular flexibility index (Phi) is 9.08. The molecule has 0 spiro atoms. The van der Waals surface area contributed by atoms with Crippen LogP contribution in [0.4, 0.5) is 0 Å². The van der Waals surface area contributed by atoms with Crippen LogP contribution in [0.3, 0.4) is 0 Å². The van der Waals surface area contributed by atoms with Gasteiger partial charge in [-0.15, -0.1) is 21.5 Å². The highest BCUT2D eigenvalue weighted by atomic mass is 32.2. The summed E-state index contributed by atoms with van der Waals surface area (Å²) in [6.07, 6.45) is 0.619. The lowest BCUT2D eigenvalue weighted by molar-refractivity contribution is -0.130. The molecule has 1 atom stereocenters. The summed E-state index contributed by atoms with van der Waals surface area (Å²) in [6.45, 7) is 4.13. The van der Waals surface area contributed by atoms with Gasteiger partial charge in [0.05, 0.1) is 36.0 Å². The summed E-state index contributed by atoms with van der Waals surface area (Å²) < 4.78 is 7.23. The van der Waals surface area contributed by atoms with E-state index in [1.807, 2.05) is 103 Å². The van der Waals surface area contributed by atoms with E-state index < -0.39 is 0 Å². The molecular weight excluding hydrogens is 605 g/mol. The number of aryl methyl sites for hydroxylation is 2. The van der Waals surface area contributed by atoms with E-state index in [2.05, 4.69) is 15.5 Å². The van der Waals surface area contributed by atoms with Crippen LogP contribution in [-0.2, 0) is 11.3 Å². The molecule has 2 amide bonds. The zero-order valence-corrected chi connectivity index (χ0v) is 26.8. The number of amides is 2. The lowest BCUT2D eigenvalue weighted by Crippen LogP contribution is -2.28. The monoisotopic (exact) mass is 636 g/mol. The number of benzene rings is 3. The summed E-state index contributed by atoms with van der Waals surface area (Å²) >= 11 is 2.91. The Morgan fingerprint density at radius 3 is 2.47 bits per heavy atom. The molecule has 3 heterocycles. The number of hydrogen-bond acceptors (Lipinski definition) is 8. The number of hydrogen-bond donors (Lipinski definition) is 1. The minimum Gasteiger partial charge on any atom is -0.497 e. The Balaban J connectivity index is 1.24. The lowest BCUT2D eigenvalue weighted by atomic mass is 10.0. The molecule has 0 fully saturated rings. The van der Waals surface area contributed by atoms with Crippen molar-refractivity contribution in [2.45, 2.75) is 38.0 Å². The maximum Gasteiger partial charge on any atom is 0.253 e. The number of rotatable bonds is 10. The van der Waals surface area contributed by atoms with Crippen molar-refractivity contribution >= 4 is 40.6 Å². The van der Waals surface area contributed by atoms with Crippen molar-refractivity contribution in [2.24, 2.45) is 5.10 Å². The second kappa shape index (κ2) is 13.5. The van der Waals surface area contributed by atoms with Crippen LogP contribution in [0, 0.1) is 13.8 Å². The van der Waals surface area contributed by atoms with Crippen LogP contribution in [0.2, 0.25) is 0 Å². The van der Waals surface area contributed by atoms with Gasteiger partial charge in [0.15, 0.2) is 11.0 Å². The Morgan fingerprint density at radius 1 is 0.978 bits per heavy atom. The van der Waals surface area contributed by atoms with Crippen molar-refractivity contribution in [3.8, 4) is 11.4 Å². The van der Waals surface area contributed by atoms with Crippen LogP contribution in [0.5, 0.6) is 5.75 Å². The molecule has 0 radical (unpaired) electrons. The van der Waals surface area contributed by atoms with Gasteiger partial charge in [-0.25, -0.2) is 5.01 Å². The smallest absolute Gasteiger partial charge is 0.253 e. The fourth-order valence-corrected chi connectivity index (χ4v) is 6.74. The zero-order chi connectivity index (χ0) is 31.3. The highest BCUT2D eigenvalue weighted by Gasteiger charge is 2.33. The normalized spacial score (nSPS) is 14.3. The molecule has 0 saturated heterocycles. The topological polar surface area (TPSA) is 102 Å². The van der Waals surface area contributed by atoms with E-state index in [1.165, 1.54) is 11.8 Å². The van der Waals surface area contributed by atoms with Gasteiger partial charge >= 0.3 is 0 Å². The maximum atomic E-state index is 13.8. The molecule has 0 aliphatic carbocycles. The summed E-state index contributed by atoms with van der Waals surface area (Å²) in [7, 11) is 1.63. The molecule has 2 aromatic heterocycles. The van der Waals surface area contributed by atoms with Gasteiger partial charge in [0, 0.05) is 17.7 Å². The van der Waals surface area contributed by atoms with Gasteiger partial charge in [0.1, 0.15) is 5.75 Å². The summed E-state index contributed by atoms with van der Waals surface area (Å²) in [5.41, 5.74) is 5.38. The van der Waals surface area contributed by atoms with Crippen LogP contribution < -0.4 is 10.1 Å². The first-order valence-electron chi connectivity index (χ1n) is 14.5. The van der Waals surface area contributed by atoms with Crippen molar-refractivity contribution in [3.63, 3.8) is 0 Å². The fraction of sp³-hybridized carbons (Fsp3) is 0.206. The molecule has 3 aromatic carbocycles. The molecule has 5 aromatic rings. The maximum absolute atomic E-state index is 13.8. The van der Waals surface area contributed by atoms with Crippen molar-refractivity contribution in [2.75, 3.05) is 12.9 Å². The van der Waals surface area contributed by atoms with Gasteiger partial charge in [-0.05, 0) is 72.8 Å². The van der Waals surface area contributed by atoms with Crippen LogP contribution in [0.1, 0.15) is 50.2 Å². The molecule has 1 aliphatic rings. The first kappa shape index (κ1) is 30.3. The van der Waals surface area contributed by atoms with Crippen molar-refractivity contribution in [1.29, 1.82) is 0 Å². The third kappa shape index (κ3) is 6.84. The third-order valence-electron chi connectivity index (χ3n) is 7.44. The summed E-state index contributed by atoms with van der Waals surface area (Å²) in [6, 6.07) is 27.0. The van der Waals surface area contributed by atoms with E-state index in [0.29, 0.717) is 23.0 Å². The van der Waals surface area contributed by atoms with E-state index in [-0.39, 0.29) is 30.2 Å². The summed E-state index contributed by atoms with van der Waals surface area (Å²) in [4.78, 5) is 27.8. The van der Waals surface area contributed by atoms with Crippen molar-refractivity contribution < 1.29 is 14.3 Å². The summed E-state index contributed by atoms with van der Waals surface area (Å²) in [5.74, 6) is 1.09. The summed E-state index contributed by atoms with van der Waals surface area (Å²) in [5, 5.41) is 20.8. The van der Waals surface area contributed by atoms with E-state index in [9.17, 15) is 9.59 Å². The third-order valence-corrected chi connectivity index (χ3v) is 9.28. The van der Waals surface area contributed by atoms with E-state index >= 15 is 0 Å². The molecule has 6 rings (SSSR count). The van der Waals surface area contributed by atoms with Crippen molar-refractivity contribution in [3.05, 3.63) is 123 Å². The number of nitrogens with one attached hydrogen (secondary N) is 1. The predicted octanol–water partition coefficient (Wildman–Crippen LogP) is 6.35. The molecular formula is C34H32N6O3S2. The van der Waals surface area contributed by atoms with E-state index in [0.717, 1.165) is 38.7 Å². The van der Waals surface area contributed by atoms with Crippen LogP contribution in [-0.4, -0.2) is 50.2 Å². The van der Waals surface area contributed by atoms with Gasteiger partial charge in [-0.1, -0.05) is 59.8 Å². The predicted molar refractivity (Wildman–Crippen MR) is 177 cm³/mol. The quantitative estimate of drug-likeness (QED) is 0.179. The minimum atomic E-state index is -0.233. The Bertz CT molecular complexity index is 1850. The molecule has 0 unspecified atom stereocenters. The molecule has 45 heavy (non-hydrogen) atoms. The molecule has 9 nitrogen and oxygen atoms in total. The largest absolute Gasteiger partial charge is 0.497 e. The van der Waals surface area contributed by atoms with Gasteiger partial charge < -0.3 is 10.1 Å². The molecule has 0 bridgehead atoms. The van der Waals surface area contributed by atoms with Crippen LogP contribution >= 0.6 is 23.1 Å².